The van der Waals surface area contributed by atoms with Gasteiger partial charge in [0.15, 0.2) is 0 Å². The fourth-order valence-electron chi connectivity index (χ4n) is 4.11. The molecule has 0 aromatic heterocycles. The molecule has 0 bridgehead atoms. The van der Waals surface area contributed by atoms with Gasteiger partial charge in [-0.05, 0) is 37.0 Å². The maximum Gasteiger partial charge on any atom is 0.123 e. The third-order valence-electron chi connectivity index (χ3n) is 5.16. The fourth-order valence-corrected chi connectivity index (χ4v) is 4.11. The van der Waals surface area contributed by atoms with Crippen molar-refractivity contribution in [1.82, 2.24) is 4.90 Å². The van der Waals surface area contributed by atoms with Gasteiger partial charge >= 0.3 is 0 Å². The molecule has 1 saturated heterocycles. The van der Waals surface area contributed by atoms with Crippen LogP contribution < -0.4 is 0 Å². The number of aliphatic hydroxyl groups is 1. The number of nitrogens with zero attached hydrogens (tertiary/aromatic N) is 2. The molecule has 1 heterocycles. The van der Waals surface area contributed by atoms with Gasteiger partial charge in [0.25, 0.3) is 0 Å². The number of benzene rings is 1. The van der Waals surface area contributed by atoms with Gasteiger partial charge in [-0.25, -0.2) is 4.39 Å². The van der Waals surface area contributed by atoms with Crippen LogP contribution in [0.1, 0.15) is 43.7 Å². The molecule has 3 unspecified atom stereocenters. The highest BCUT2D eigenvalue weighted by molar-refractivity contribution is 5.24. The zero-order chi connectivity index (χ0) is 14.9. The van der Waals surface area contributed by atoms with Gasteiger partial charge in [0.1, 0.15) is 5.82 Å². The number of halogens is 1. The molecule has 21 heavy (non-hydrogen) atoms. The zero-order valence-corrected chi connectivity index (χ0v) is 12.1. The average Bonchev–Trinajstić information content (AvgIpc) is 2.49. The quantitative estimate of drug-likeness (QED) is 0.851. The highest BCUT2D eigenvalue weighted by Crippen LogP contribution is 2.49. The Balaban J connectivity index is 1.96. The topological polar surface area (TPSA) is 47.3 Å². The summed E-state index contributed by atoms with van der Waals surface area (Å²) < 4.78 is 13.2. The van der Waals surface area contributed by atoms with Crippen LogP contribution in [0.5, 0.6) is 0 Å². The van der Waals surface area contributed by atoms with E-state index in [1.807, 2.05) is 0 Å². The van der Waals surface area contributed by atoms with Gasteiger partial charge in [-0.2, -0.15) is 5.26 Å². The maximum atomic E-state index is 13.2. The van der Waals surface area contributed by atoms with E-state index in [1.165, 1.54) is 12.1 Å². The van der Waals surface area contributed by atoms with Crippen LogP contribution in [-0.4, -0.2) is 28.7 Å². The summed E-state index contributed by atoms with van der Waals surface area (Å²) in [5.41, 5.74) is 0.389. The van der Waals surface area contributed by atoms with E-state index in [4.69, 9.17) is 5.26 Å². The second-order valence-electron chi connectivity index (χ2n) is 6.33. The molecule has 112 valence electrons. The van der Waals surface area contributed by atoms with Crippen LogP contribution in [-0.2, 0) is 0 Å². The van der Waals surface area contributed by atoms with Gasteiger partial charge < -0.3 is 5.11 Å². The van der Waals surface area contributed by atoms with Crippen LogP contribution in [0.2, 0.25) is 0 Å². The summed E-state index contributed by atoms with van der Waals surface area (Å²) in [4.78, 5) is 2.14. The Morgan fingerprint density at radius 2 is 2.05 bits per heavy atom. The van der Waals surface area contributed by atoms with Gasteiger partial charge in [0, 0.05) is 18.5 Å². The van der Waals surface area contributed by atoms with Crippen molar-refractivity contribution < 1.29 is 9.50 Å². The lowest BCUT2D eigenvalue weighted by Crippen LogP contribution is -2.54. The number of hydrogen-bond donors (Lipinski definition) is 1. The molecule has 1 aliphatic carbocycles. The Hall–Kier alpha value is -1.44. The van der Waals surface area contributed by atoms with Crippen molar-refractivity contribution in [1.29, 1.82) is 5.26 Å². The summed E-state index contributed by atoms with van der Waals surface area (Å²) in [5.74, 6) is -0.112. The first kappa shape index (κ1) is 14.5. The summed E-state index contributed by atoms with van der Waals surface area (Å²) in [7, 11) is 0. The number of piperidine rings is 1. The Morgan fingerprint density at radius 3 is 2.76 bits per heavy atom. The molecule has 0 amide bonds. The summed E-state index contributed by atoms with van der Waals surface area (Å²) in [6.45, 7) is 1.08. The van der Waals surface area contributed by atoms with Crippen LogP contribution >= 0.6 is 0 Å². The third-order valence-corrected chi connectivity index (χ3v) is 5.16. The molecule has 3 atom stereocenters. The van der Waals surface area contributed by atoms with Gasteiger partial charge in [-0.3, -0.25) is 4.90 Å². The Bertz CT molecular complexity index is 539. The minimum Gasteiger partial charge on any atom is -0.389 e. The fraction of sp³-hybridized carbons (Fsp3) is 0.588. The van der Waals surface area contributed by atoms with Crippen LogP contribution in [0.25, 0.3) is 0 Å². The lowest BCUT2D eigenvalue weighted by molar-refractivity contribution is -0.121. The first-order chi connectivity index (χ1) is 10.1. The second kappa shape index (κ2) is 5.75. The summed E-state index contributed by atoms with van der Waals surface area (Å²) in [6.07, 6.45) is 4.74. The molecule has 1 aromatic rings. The van der Waals surface area contributed by atoms with E-state index >= 15 is 0 Å². The minimum atomic E-state index is -0.622. The van der Waals surface area contributed by atoms with E-state index in [9.17, 15) is 9.50 Å². The maximum absolute atomic E-state index is 13.2. The van der Waals surface area contributed by atoms with E-state index in [-0.39, 0.29) is 17.8 Å². The predicted octanol–water partition coefficient (Wildman–Crippen LogP) is 3.02. The average molecular weight is 288 g/mol. The molecule has 1 aliphatic heterocycles. The normalized spacial score (nSPS) is 33.2. The van der Waals surface area contributed by atoms with Crippen LogP contribution in [0.15, 0.2) is 24.3 Å². The van der Waals surface area contributed by atoms with E-state index in [0.717, 1.165) is 44.2 Å². The van der Waals surface area contributed by atoms with Crippen molar-refractivity contribution in [3.63, 3.8) is 0 Å². The highest BCUT2D eigenvalue weighted by Gasteiger charge is 2.48. The molecule has 1 aromatic carbocycles. The Morgan fingerprint density at radius 1 is 1.29 bits per heavy atom. The SMILES string of the molecule is N#CCN1CCC2(O)CCCCC2C1c1ccc(F)cc1. The molecule has 0 radical (unpaired) electrons. The first-order valence-electron chi connectivity index (χ1n) is 7.73. The monoisotopic (exact) mass is 288 g/mol. The van der Waals surface area contributed by atoms with Crippen molar-refractivity contribution in [3.8, 4) is 6.07 Å². The largest absolute Gasteiger partial charge is 0.389 e. The van der Waals surface area contributed by atoms with Crippen LogP contribution in [0, 0.1) is 23.1 Å². The zero-order valence-electron chi connectivity index (χ0n) is 12.1. The molecule has 4 heteroatoms. The van der Waals surface area contributed by atoms with Crippen molar-refractivity contribution in [2.45, 2.75) is 43.7 Å². The molecule has 3 rings (SSSR count). The van der Waals surface area contributed by atoms with Gasteiger partial charge in [-0.1, -0.05) is 25.0 Å². The molecule has 1 N–H and O–H groups in total. The summed E-state index contributed by atoms with van der Waals surface area (Å²) >= 11 is 0. The third kappa shape index (κ3) is 2.68. The molecule has 2 fully saturated rings. The lowest BCUT2D eigenvalue weighted by Gasteiger charge is -2.52. The van der Waals surface area contributed by atoms with Crippen molar-refractivity contribution in [2.75, 3.05) is 13.1 Å². The number of nitriles is 1. The summed E-state index contributed by atoms with van der Waals surface area (Å²) in [5, 5.41) is 20.1. The second-order valence-corrected chi connectivity index (χ2v) is 6.33. The molecule has 0 spiro atoms. The van der Waals surface area contributed by atoms with E-state index < -0.39 is 5.60 Å². The minimum absolute atomic E-state index is 0.0179. The predicted molar refractivity (Wildman–Crippen MR) is 77.9 cm³/mol. The molecular formula is C17H21FN2O. The Labute approximate surface area is 125 Å². The lowest BCUT2D eigenvalue weighted by atomic mass is 9.66. The van der Waals surface area contributed by atoms with Crippen LogP contribution in [0.4, 0.5) is 4.39 Å². The molecule has 1 saturated carbocycles. The smallest absolute Gasteiger partial charge is 0.123 e. The van der Waals surface area contributed by atoms with E-state index in [1.54, 1.807) is 12.1 Å². The van der Waals surface area contributed by atoms with Gasteiger partial charge in [0.05, 0.1) is 18.2 Å². The van der Waals surface area contributed by atoms with E-state index in [0.29, 0.717) is 6.54 Å². The van der Waals surface area contributed by atoms with Gasteiger partial charge in [-0.15, -0.1) is 0 Å². The van der Waals surface area contributed by atoms with Crippen molar-refractivity contribution in [2.24, 2.45) is 5.92 Å². The van der Waals surface area contributed by atoms with Crippen molar-refractivity contribution >= 4 is 0 Å². The standard InChI is InChI=1S/C17H21FN2O/c18-14-6-4-13(5-7-14)16-15-3-1-2-8-17(15,21)9-11-20(16)12-10-19/h4-7,15-16,21H,1-3,8-9,11-12H2. The Kier molecular flexibility index (Phi) is 3.97. The number of likely N-dealkylation sites (tertiary alicyclic amines) is 1. The molecule has 2 aliphatic rings. The number of fused-ring (bicyclic) bond motifs is 1. The van der Waals surface area contributed by atoms with E-state index in [2.05, 4.69) is 11.0 Å². The van der Waals surface area contributed by atoms with Gasteiger partial charge in [0.2, 0.25) is 0 Å². The van der Waals surface area contributed by atoms with Crippen LogP contribution in [0.3, 0.4) is 0 Å². The first-order valence-corrected chi connectivity index (χ1v) is 7.73. The number of hydrogen-bond acceptors (Lipinski definition) is 3. The number of rotatable bonds is 2. The van der Waals surface area contributed by atoms with Crippen molar-refractivity contribution in [3.05, 3.63) is 35.6 Å². The molecular weight excluding hydrogens is 267 g/mol. The molecule has 3 nitrogen and oxygen atoms in total. The highest BCUT2D eigenvalue weighted by atomic mass is 19.1. The summed E-state index contributed by atoms with van der Waals surface area (Å²) in [6, 6.07) is 8.77.